The van der Waals surface area contributed by atoms with Crippen LogP contribution in [-0.2, 0) is 25.8 Å². The number of amides is 1. The topological polar surface area (TPSA) is 64.0 Å². The molecule has 0 saturated carbocycles. The van der Waals surface area contributed by atoms with E-state index < -0.39 is 0 Å². The van der Waals surface area contributed by atoms with Crippen LogP contribution in [0.4, 0.5) is 5.69 Å². The van der Waals surface area contributed by atoms with Gasteiger partial charge in [-0.2, -0.15) is 0 Å². The number of carbonyl (C=O) groups excluding carboxylic acids is 1. The van der Waals surface area contributed by atoms with Gasteiger partial charge in [0, 0.05) is 24.2 Å². The number of carbonyl (C=O) groups is 1. The van der Waals surface area contributed by atoms with Gasteiger partial charge < -0.3 is 5.32 Å². The van der Waals surface area contributed by atoms with Crippen LogP contribution in [0.2, 0.25) is 0 Å². The lowest BCUT2D eigenvalue weighted by Crippen LogP contribution is -2.26. The van der Waals surface area contributed by atoms with Gasteiger partial charge >= 0.3 is 0 Å². The average Bonchev–Trinajstić information content (AvgIpc) is 3.17. The molecule has 0 saturated heterocycles. The van der Waals surface area contributed by atoms with Gasteiger partial charge in [0.1, 0.15) is 5.82 Å². The maximum absolute atomic E-state index is 12.9. The van der Waals surface area contributed by atoms with Crippen LogP contribution in [-0.4, -0.2) is 15.5 Å². The summed E-state index contributed by atoms with van der Waals surface area (Å²) < 4.78 is 1.83. The zero-order valence-corrected chi connectivity index (χ0v) is 16.5. The van der Waals surface area contributed by atoms with Crippen LogP contribution in [0.5, 0.6) is 0 Å². The maximum Gasteiger partial charge on any atom is 0.261 e. The molecule has 3 aromatic rings. The van der Waals surface area contributed by atoms with Crippen molar-refractivity contribution in [3.8, 4) is 0 Å². The van der Waals surface area contributed by atoms with Gasteiger partial charge in [-0.3, -0.25) is 14.2 Å². The Morgan fingerprint density at radius 3 is 2.69 bits per heavy atom. The van der Waals surface area contributed by atoms with E-state index in [-0.39, 0.29) is 11.5 Å². The van der Waals surface area contributed by atoms with Crippen LogP contribution in [0, 0.1) is 0 Å². The smallest absolute Gasteiger partial charge is 0.261 e. The lowest BCUT2D eigenvalue weighted by Gasteiger charge is -2.16. The zero-order chi connectivity index (χ0) is 19.8. The number of nitrogens with one attached hydrogen (secondary N) is 1. The maximum atomic E-state index is 12.9. The highest BCUT2D eigenvalue weighted by molar-refractivity contribution is 6.06. The second-order valence-corrected chi connectivity index (χ2v) is 8.17. The van der Waals surface area contributed by atoms with Crippen LogP contribution < -0.4 is 10.9 Å². The number of nitrogens with zero attached hydrogens (tertiary/aromatic N) is 2. The molecule has 5 heteroatoms. The monoisotopic (exact) mass is 387 g/mol. The normalized spacial score (nSPS) is 16.0. The number of hydrogen-bond acceptors (Lipinski definition) is 3. The molecule has 1 amide bonds. The summed E-state index contributed by atoms with van der Waals surface area (Å²) in [7, 11) is 0. The Kier molecular flexibility index (Phi) is 4.66. The third-order valence-corrected chi connectivity index (χ3v) is 6.19. The molecule has 0 radical (unpaired) electrons. The molecule has 1 N–H and O–H groups in total. The summed E-state index contributed by atoms with van der Waals surface area (Å²) in [6.07, 6.45) is 8.61. The lowest BCUT2D eigenvalue weighted by atomic mass is 10.1. The van der Waals surface area contributed by atoms with Crippen LogP contribution in [0.1, 0.15) is 59.4 Å². The van der Waals surface area contributed by atoms with Gasteiger partial charge in [-0.05, 0) is 73.6 Å². The molecular formula is C24H25N3O2. The molecule has 5 rings (SSSR count). The van der Waals surface area contributed by atoms with E-state index in [1.54, 1.807) is 18.2 Å². The molecule has 0 atom stereocenters. The summed E-state index contributed by atoms with van der Waals surface area (Å²) in [5.41, 5.74) is 4.69. The second kappa shape index (κ2) is 7.47. The molecule has 148 valence electrons. The number of aryl methyl sites for hydroxylation is 3. The average molecular weight is 387 g/mol. The van der Waals surface area contributed by atoms with Gasteiger partial charge in [0.2, 0.25) is 0 Å². The Morgan fingerprint density at radius 1 is 0.897 bits per heavy atom. The summed E-state index contributed by atoms with van der Waals surface area (Å²) in [6, 6.07) is 11.4. The largest absolute Gasteiger partial charge is 0.322 e. The molecule has 2 aliphatic rings. The summed E-state index contributed by atoms with van der Waals surface area (Å²) in [6.45, 7) is 0.734. The predicted octanol–water partition coefficient (Wildman–Crippen LogP) is 4.25. The molecule has 1 aliphatic carbocycles. The number of anilines is 1. The third kappa shape index (κ3) is 3.46. The van der Waals surface area contributed by atoms with Crippen molar-refractivity contribution in [3.63, 3.8) is 0 Å². The Morgan fingerprint density at radius 2 is 1.76 bits per heavy atom. The predicted molar refractivity (Wildman–Crippen MR) is 115 cm³/mol. The van der Waals surface area contributed by atoms with E-state index in [2.05, 4.69) is 17.4 Å². The van der Waals surface area contributed by atoms with E-state index >= 15 is 0 Å². The van der Waals surface area contributed by atoms with Crippen molar-refractivity contribution in [1.29, 1.82) is 0 Å². The van der Waals surface area contributed by atoms with Crippen molar-refractivity contribution >= 4 is 22.5 Å². The molecule has 1 aliphatic heterocycles. The minimum atomic E-state index is -0.168. The number of benzene rings is 2. The van der Waals surface area contributed by atoms with Crippen molar-refractivity contribution in [2.75, 3.05) is 5.32 Å². The number of rotatable bonds is 2. The van der Waals surface area contributed by atoms with Gasteiger partial charge in [-0.15, -0.1) is 0 Å². The number of fused-ring (bicyclic) bond motifs is 3. The zero-order valence-electron chi connectivity index (χ0n) is 16.5. The molecule has 0 bridgehead atoms. The Labute approximate surface area is 169 Å². The first-order valence-electron chi connectivity index (χ1n) is 10.7. The quantitative estimate of drug-likeness (QED) is 0.715. The van der Waals surface area contributed by atoms with Crippen molar-refractivity contribution in [2.24, 2.45) is 0 Å². The SMILES string of the molecule is O=C(Nc1ccc2c(c1)CCC2)c1ccc2c(=O)n3c(nc2c1)CCCCCC3. The first kappa shape index (κ1) is 18.1. The van der Waals surface area contributed by atoms with Crippen molar-refractivity contribution in [3.05, 3.63) is 69.3 Å². The summed E-state index contributed by atoms with van der Waals surface area (Å²) in [4.78, 5) is 30.5. The van der Waals surface area contributed by atoms with Crippen LogP contribution >= 0.6 is 0 Å². The Balaban J connectivity index is 1.46. The highest BCUT2D eigenvalue weighted by atomic mass is 16.1. The van der Waals surface area contributed by atoms with Gasteiger partial charge in [0.05, 0.1) is 10.9 Å². The van der Waals surface area contributed by atoms with E-state index in [0.717, 1.165) is 56.6 Å². The minimum Gasteiger partial charge on any atom is -0.322 e. The standard InChI is InChI=1S/C24H25N3O2/c28-23(25-19-11-9-16-6-5-7-17(16)14-19)18-10-12-20-21(15-18)26-22-8-3-1-2-4-13-27(22)24(20)29/h9-12,14-15H,1-8,13H2,(H,25,28). The summed E-state index contributed by atoms with van der Waals surface area (Å²) >= 11 is 0. The highest BCUT2D eigenvalue weighted by Crippen LogP contribution is 2.25. The number of aromatic nitrogens is 2. The Bertz CT molecular complexity index is 1160. The fourth-order valence-corrected chi connectivity index (χ4v) is 4.59. The highest BCUT2D eigenvalue weighted by Gasteiger charge is 2.16. The first-order valence-corrected chi connectivity index (χ1v) is 10.7. The fourth-order valence-electron chi connectivity index (χ4n) is 4.59. The van der Waals surface area contributed by atoms with Gasteiger partial charge in [-0.25, -0.2) is 4.98 Å². The fraction of sp³-hybridized carbons (Fsp3) is 0.375. The molecule has 2 aromatic carbocycles. The van der Waals surface area contributed by atoms with Gasteiger partial charge in [0.25, 0.3) is 11.5 Å². The van der Waals surface area contributed by atoms with Crippen molar-refractivity contribution in [1.82, 2.24) is 9.55 Å². The van der Waals surface area contributed by atoms with Gasteiger partial charge in [-0.1, -0.05) is 18.9 Å². The van der Waals surface area contributed by atoms with Crippen molar-refractivity contribution < 1.29 is 4.79 Å². The van der Waals surface area contributed by atoms with E-state index in [1.165, 1.54) is 24.0 Å². The van der Waals surface area contributed by atoms with E-state index in [1.807, 2.05) is 10.6 Å². The minimum absolute atomic E-state index is 0.0116. The molecule has 1 aromatic heterocycles. The first-order chi connectivity index (χ1) is 14.2. The Hall–Kier alpha value is -2.95. The van der Waals surface area contributed by atoms with Crippen LogP contribution in [0.15, 0.2) is 41.2 Å². The summed E-state index contributed by atoms with van der Waals surface area (Å²) in [5.74, 6) is 0.678. The molecule has 29 heavy (non-hydrogen) atoms. The van der Waals surface area contributed by atoms with E-state index in [9.17, 15) is 9.59 Å². The van der Waals surface area contributed by atoms with Crippen molar-refractivity contribution in [2.45, 2.75) is 57.9 Å². The summed E-state index contributed by atoms with van der Waals surface area (Å²) in [5, 5.41) is 3.58. The van der Waals surface area contributed by atoms with E-state index in [4.69, 9.17) is 4.98 Å². The molecule has 0 fully saturated rings. The van der Waals surface area contributed by atoms with Crippen LogP contribution in [0.25, 0.3) is 10.9 Å². The van der Waals surface area contributed by atoms with Gasteiger partial charge in [0.15, 0.2) is 0 Å². The lowest BCUT2D eigenvalue weighted by molar-refractivity contribution is 0.102. The molecule has 5 nitrogen and oxygen atoms in total. The number of hydrogen-bond donors (Lipinski definition) is 1. The third-order valence-electron chi connectivity index (χ3n) is 6.19. The molecular weight excluding hydrogens is 362 g/mol. The molecule has 0 unspecified atom stereocenters. The van der Waals surface area contributed by atoms with E-state index in [0.29, 0.717) is 16.5 Å². The molecule has 2 heterocycles. The van der Waals surface area contributed by atoms with Crippen LogP contribution in [0.3, 0.4) is 0 Å². The molecule has 0 spiro atoms. The second-order valence-electron chi connectivity index (χ2n) is 8.17.